The Morgan fingerprint density at radius 1 is 1.00 bits per heavy atom. The Morgan fingerprint density at radius 3 is 2.29 bits per heavy atom. The van der Waals surface area contributed by atoms with E-state index in [4.69, 9.17) is 4.74 Å². The third kappa shape index (κ3) is 4.60. The van der Waals surface area contributed by atoms with Crippen molar-refractivity contribution >= 4 is 5.91 Å². The lowest BCUT2D eigenvalue weighted by Crippen LogP contribution is -2.37. The third-order valence-corrected chi connectivity index (χ3v) is 4.12. The number of ether oxygens (including phenoxy) is 1. The molecule has 3 heteroatoms. The van der Waals surface area contributed by atoms with Gasteiger partial charge in [0.05, 0.1) is 6.04 Å². The van der Waals surface area contributed by atoms with E-state index < -0.39 is 6.10 Å². The minimum absolute atomic E-state index is 0.0492. The molecule has 0 aromatic heterocycles. The van der Waals surface area contributed by atoms with Crippen LogP contribution in [0, 0.1) is 6.92 Å². The molecule has 1 N–H and O–H groups in total. The highest BCUT2D eigenvalue weighted by atomic mass is 16.5. The molecule has 0 bridgehead atoms. The molecule has 0 aliphatic carbocycles. The molecule has 0 unspecified atom stereocenters. The van der Waals surface area contributed by atoms with Gasteiger partial charge < -0.3 is 10.1 Å². The van der Waals surface area contributed by atoms with Crippen LogP contribution in [0.25, 0.3) is 0 Å². The van der Waals surface area contributed by atoms with Crippen LogP contribution < -0.4 is 10.1 Å². The Kier molecular flexibility index (Phi) is 6.02. The Balaban J connectivity index is 2.05. The van der Waals surface area contributed by atoms with Gasteiger partial charge in [-0.15, -0.1) is 0 Å². The maximum atomic E-state index is 12.5. The summed E-state index contributed by atoms with van der Waals surface area (Å²) < 4.78 is 5.97. The van der Waals surface area contributed by atoms with Crippen LogP contribution in [0.15, 0.2) is 48.5 Å². The van der Waals surface area contributed by atoms with Gasteiger partial charge in [0.25, 0.3) is 5.91 Å². The molecule has 0 fully saturated rings. The maximum absolute atomic E-state index is 12.5. The summed E-state index contributed by atoms with van der Waals surface area (Å²) in [6, 6.07) is 16.0. The van der Waals surface area contributed by atoms with Gasteiger partial charge in [-0.3, -0.25) is 4.79 Å². The van der Waals surface area contributed by atoms with E-state index in [-0.39, 0.29) is 11.9 Å². The topological polar surface area (TPSA) is 38.3 Å². The summed E-state index contributed by atoms with van der Waals surface area (Å²) >= 11 is 0. The molecule has 2 aromatic rings. The van der Waals surface area contributed by atoms with Crippen molar-refractivity contribution < 1.29 is 9.53 Å². The van der Waals surface area contributed by atoms with Crippen molar-refractivity contribution in [1.29, 1.82) is 0 Å². The number of carbonyl (C=O) groups is 1. The number of nitrogens with one attached hydrogen (secondary N) is 1. The van der Waals surface area contributed by atoms with E-state index in [1.54, 1.807) is 6.92 Å². The normalized spacial score (nSPS) is 13.4. The van der Waals surface area contributed by atoms with Crippen LogP contribution in [0.5, 0.6) is 5.75 Å². The van der Waals surface area contributed by atoms with Crippen LogP contribution in [-0.4, -0.2) is 12.0 Å². The van der Waals surface area contributed by atoms with Gasteiger partial charge in [-0.1, -0.05) is 56.3 Å². The summed E-state index contributed by atoms with van der Waals surface area (Å²) in [4.78, 5) is 12.5. The molecule has 1 amide bonds. The van der Waals surface area contributed by atoms with Crippen LogP contribution in [0.2, 0.25) is 0 Å². The van der Waals surface area contributed by atoms with Crippen LogP contribution >= 0.6 is 0 Å². The van der Waals surface area contributed by atoms with Crippen molar-refractivity contribution in [2.45, 2.75) is 52.7 Å². The van der Waals surface area contributed by atoms with Gasteiger partial charge in [-0.2, -0.15) is 0 Å². The lowest BCUT2D eigenvalue weighted by molar-refractivity contribution is -0.127. The third-order valence-electron chi connectivity index (χ3n) is 4.12. The predicted octanol–water partition coefficient (Wildman–Crippen LogP) is 4.76. The van der Waals surface area contributed by atoms with Crippen molar-refractivity contribution in [2.75, 3.05) is 0 Å². The van der Waals surface area contributed by atoms with Gasteiger partial charge >= 0.3 is 0 Å². The maximum Gasteiger partial charge on any atom is 0.261 e. The summed E-state index contributed by atoms with van der Waals surface area (Å²) in [5, 5.41) is 3.02. The SMILES string of the molecule is Cc1ccc(C(C)C)c(O[C@@H](C)C(=O)N[C@H](C)c2ccccc2)c1. The predicted molar refractivity (Wildman–Crippen MR) is 98.4 cm³/mol. The summed E-state index contributed by atoms with van der Waals surface area (Å²) in [5.74, 6) is 1.03. The van der Waals surface area contributed by atoms with Gasteiger partial charge in [-0.05, 0) is 49.4 Å². The quantitative estimate of drug-likeness (QED) is 0.831. The average molecular weight is 325 g/mol. The Morgan fingerprint density at radius 2 is 1.67 bits per heavy atom. The zero-order valence-electron chi connectivity index (χ0n) is 15.2. The fourth-order valence-electron chi connectivity index (χ4n) is 2.62. The molecule has 2 aromatic carbocycles. The van der Waals surface area contributed by atoms with Gasteiger partial charge in [0, 0.05) is 0 Å². The molecule has 0 saturated carbocycles. The Labute approximate surface area is 145 Å². The molecular weight excluding hydrogens is 298 g/mol. The fraction of sp³-hybridized carbons (Fsp3) is 0.381. The number of amides is 1. The standard InChI is InChI=1S/C21H27NO2/c1-14(2)19-12-11-15(3)13-20(19)24-17(5)21(23)22-16(4)18-9-7-6-8-10-18/h6-14,16-17H,1-5H3,(H,22,23)/t16-,17+/m1/s1. The first-order valence-corrected chi connectivity index (χ1v) is 8.51. The van der Waals surface area contributed by atoms with Crippen molar-refractivity contribution in [1.82, 2.24) is 5.32 Å². The number of rotatable bonds is 6. The molecule has 24 heavy (non-hydrogen) atoms. The molecule has 128 valence electrons. The van der Waals surface area contributed by atoms with Crippen LogP contribution in [0.1, 0.15) is 56.3 Å². The molecule has 0 aliphatic heterocycles. The van der Waals surface area contributed by atoms with Crippen LogP contribution in [0.4, 0.5) is 0 Å². The van der Waals surface area contributed by atoms with Gasteiger partial charge in [0.1, 0.15) is 5.75 Å². The number of carbonyl (C=O) groups excluding carboxylic acids is 1. The Hall–Kier alpha value is -2.29. The van der Waals surface area contributed by atoms with E-state index in [2.05, 4.69) is 31.3 Å². The zero-order chi connectivity index (χ0) is 17.7. The highest BCUT2D eigenvalue weighted by Gasteiger charge is 2.19. The van der Waals surface area contributed by atoms with Crippen molar-refractivity contribution in [3.05, 3.63) is 65.2 Å². The smallest absolute Gasteiger partial charge is 0.261 e. The molecule has 2 rings (SSSR count). The first-order valence-electron chi connectivity index (χ1n) is 8.51. The lowest BCUT2D eigenvalue weighted by Gasteiger charge is -2.21. The summed E-state index contributed by atoms with van der Waals surface area (Å²) in [6.45, 7) is 10.0. The summed E-state index contributed by atoms with van der Waals surface area (Å²) in [7, 11) is 0. The highest BCUT2D eigenvalue weighted by molar-refractivity contribution is 5.81. The average Bonchev–Trinajstić information content (AvgIpc) is 2.55. The monoisotopic (exact) mass is 325 g/mol. The molecule has 0 spiro atoms. The molecular formula is C21H27NO2. The highest BCUT2D eigenvalue weighted by Crippen LogP contribution is 2.28. The summed E-state index contributed by atoms with van der Waals surface area (Å²) in [5.41, 5.74) is 3.33. The summed E-state index contributed by atoms with van der Waals surface area (Å²) in [6.07, 6.45) is -0.546. The molecule has 2 atom stereocenters. The molecule has 0 radical (unpaired) electrons. The molecule has 0 saturated heterocycles. The van der Waals surface area contributed by atoms with E-state index in [0.29, 0.717) is 5.92 Å². The Bertz CT molecular complexity index is 679. The lowest BCUT2D eigenvalue weighted by atomic mass is 10.0. The minimum atomic E-state index is -0.546. The van der Waals surface area contributed by atoms with E-state index in [1.807, 2.05) is 50.2 Å². The van der Waals surface area contributed by atoms with Crippen LogP contribution in [0.3, 0.4) is 0 Å². The van der Waals surface area contributed by atoms with Crippen LogP contribution in [-0.2, 0) is 4.79 Å². The van der Waals surface area contributed by atoms with Crippen molar-refractivity contribution in [3.63, 3.8) is 0 Å². The van der Waals surface area contributed by atoms with Gasteiger partial charge in [0.15, 0.2) is 6.10 Å². The fourth-order valence-corrected chi connectivity index (χ4v) is 2.62. The van der Waals surface area contributed by atoms with Gasteiger partial charge in [0.2, 0.25) is 0 Å². The number of aryl methyl sites for hydroxylation is 1. The first kappa shape index (κ1) is 18.1. The number of hydrogen-bond donors (Lipinski definition) is 1. The zero-order valence-corrected chi connectivity index (χ0v) is 15.2. The molecule has 0 aliphatic rings. The second-order valence-corrected chi connectivity index (χ2v) is 6.60. The number of benzene rings is 2. The molecule has 3 nitrogen and oxygen atoms in total. The first-order chi connectivity index (χ1) is 11.4. The second kappa shape index (κ2) is 8.00. The van der Waals surface area contributed by atoms with Crippen molar-refractivity contribution in [3.8, 4) is 5.75 Å². The van der Waals surface area contributed by atoms with Crippen molar-refractivity contribution in [2.24, 2.45) is 0 Å². The van der Waals surface area contributed by atoms with E-state index >= 15 is 0 Å². The van der Waals surface area contributed by atoms with E-state index in [0.717, 1.165) is 22.4 Å². The largest absolute Gasteiger partial charge is 0.481 e. The van der Waals surface area contributed by atoms with E-state index in [9.17, 15) is 4.79 Å². The van der Waals surface area contributed by atoms with E-state index in [1.165, 1.54) is 0 Å². The number of hydrogen-bond acceptors (Lipinski definition) is 2. The van der Waals surface area contributed by atoms with Gasteiger partial charge in [-0.25, -0.2) is 0 Å². The molecule has 0 heterocycles. The minimum Gasteiger partial charge on any atom is -0.481 e. The second-order valence-electron chi connectivity index (χ2n) is 6.60.